The zero-order valence-electron chi connectivity index (χ0n) is 26.8. The fourth-order valence-corrected chi connectivity index (χ4v) is 7.88. The second-order valence-corrected chi connectivity index (χ2v) is 13.9. The summed E-state index contributed by atoms with van der Waals surface area (Å²) in [7, 11) is 3.63. The number of amides is 2. The highest BCUT2D eigenvalue weighted by atomic mass is 35.5. The molecule has 3 atom stereocenters. The van der Waals surface area contributed by atoms with Gasteiger partial charge in [0.25, 0.3) is 5.91 Å². The Morgan fingerprint density at radius 2 is 1.77 bits per heavy atom. The summed E-state index contributed by atoms with van der Waals surface area (Å²) >= 11 is 13.4. The topological polar surface area (TPSA) is 113 Å². The Balaban J connectivity index is 1.13. The Hall–Kier alpha value is -3.15. The Labute approximate surface area is 284 Å². The van der Waals surface area contributed by atoms with Gasteiger partial charge in [-0.15, -0.1) is 0 Å². The van der Waals surface area contributed by atoms with Gasteiger partial charge in [-0.05, 0) is 62.3 Å². The fraction of sp³-hybridized carbons (Fsp3) is 0.514. The number of aromatic nitrogens is 1. The van der Waals surface area contributed by atoms with Gasteiger partial charge in [-0.25, -0.2) is 0 Å². The molecule has 3 aliphatic rings. The number of hydrogen-bond acceptors (Lipinski definition) is 6. The summed E-state index contributed by atoms with van der Waals surface area (Å²) in [5.74, 6) is -1.41. The van der Waals surface area contributed by atoms with Crippen molar-refractivity contribution in [3.8, 4) is 0 Å². The van der Waals surface area contributed by atoms with Crippen LogP contribution in [-0.2, 0) is 32.5 Å². The van der Waals surface area contributed by atoms with Crippen molar-refractivity contribution in [1.29, 1.82) is 0 Å². The number of para-hydroxylation sites is 1. The third kappa shape index (κ3) is 7.47. The van der Waals surface area contributed by atoms with Gasteiger partial charge in [-0.2, -0.15) is 0 Å². The molecule has 2 saturated heterocycles. The smallest absolute Gasteiger partial charge is 0.306 e. The van der Waals surface area contributed by atoms with Crippen LogP contribution in [0.4, 0.5) is 5.69 Å². The number of nitrogens with zero attached hydrogens (tertiary/aromatic N) is 3. The summed E-state index contributed by atoms with van der Waals surface area (Å²) in [5.41, 5.74) is 2.42. The number of carboxylic acid groups (broad SMARTS) is 1. The molecule has 3 heterocycles. The number of halogens is 2. The van der Waals surface area contributed by atoms with Crippen molar-refractivity contribution in [1.82, 2.24) is 14.4 Å². The highest BCUT2D eigenvalue weighted by molar-refractivity contribution is 6.36. The molecule has 10 nitrogen and oxygen atoms in total. The molecule has 0 radical (unpaired) electrons. The first-order chi connectivity index (χ1) is 22.6. The molecule has 1 saturated carbocycles. The number of ether oxygens (including phenoxy) is 2. The third-order valence-corrected chi connectivity index (χ3v) is 10.8. The number of fused-ring (bicyclic) bond motifs is 1. The molecule has 2 N–H and O–H groups in total. The highest BCUT2D eigenvalue weighted by Crippen LogP contribution is 2.34. The first-order valence-corrected chi connectivity index (χ1v) is 17.1. The monoisotopic (exact) mass is 684 g/mol. The van der Waals surface area contributed by atoms with Crippen molar-refractivity contribution in [2.45, 2.75) is 69.2 Å². The summed E-state index contributed by atoms with van der Waals surface area (Å²) in [4.78, 5) is 42.8. The minimum atomic E-state index is -0.738. The number of aliphatic carboxylic acids is 1. The maximum Gasteiger partial charge on any atom is 0.306 e. The van der Waals surface area contributed by atoms with Crippen molar-refractivity contribution in [2.24, 2.45) is 13.0 Å². The fourth-order valence-electron chi connectivity index (χ4n) is 7.42. The number of hydrogen-bond donors (Lipinski definition) is 2. The van der Waals surface area contributed by atoms with E-state index in [2.05, 4.69) is 10.2 Å². The van der Waals surface area contributed by atoms with Gasteiger partial charge in [-0.3, -0.25) is 19.3 Å². The quantitative estimate of drug-likeness (QED) is 0.285. The Morgan fingerprint density at radius 1 is 1.00 bits per heavy atom. The molecule has 6 rings (SSSR count). The Morgan fingerprint density at radius 3 is 2.49 bits per heavy atom. The predicted molar refractivity (Wildman–Crippen MR) is 181 cm³/mol. The molecule has 2 aromatic carbocycles. The molecule has 3 aromatic rings. The van der Waals surface area contributed by atoms with Gasteiger partial charge >= 0.3 is 5.97 Å². The van der Waals surface area contributed by atoms with Gasteiger partial charge in [0.1, 0.15) is 0 Å². The third-order valence-electron chi connectivity index (χ3n) is 10.2. The molecule has 2 aliphatic heterocycles. The number of nitrogens with one attached hydrogen (secondary N) is 1. The van der Waals surface area contributed by atoms with Gasteiger partial charge in [0.05, 0.1) is 53.5 Å². The lowest BCUT2D eigenvalue weighted by Crippen LogP contribution is -2.41. The summed E-state index contributed by atoms with van der Waals surface area (Å²) in [6.07, 6.45) is 6.43. The van der Waals surface area contributed by atoms with Crippen molar-refractivity contribution in [3.63, 3.8) is 0 Å². The van der Waals surface area contributed by atoms with Crippen LogP contribution in [0.3, 0.4) is 0 Å². The molecule has 0 spiro atoms. The number of carbonyl (C=O) groups excluding carboxylic acids is 2. The van der Waals surface area contributed by atoms with Gasteiger partial charge in [0.2, 0.25) is 5.91 Å². The van der Waals surface area contributed by atoms with Gasteiger partial charge in [0, 0.05) is 62.0 Å². The van der Waals surface area contributed by atoms with E-state index >= 15 is 0 Å². The van der Waals surface area contributed by atoms with E-state index in [0.717, 1.165) is 36.8 Å². The van der Waals surface area contributed by atoms with Gasteiger partial charge in [-0.1, -0.05) is 41.4 Å². The van der Waals surface area contributed by atoms with Crippen LogP contribution in [0, 0.1) is 5.92 Å². The van der Waals surface area contributed by atoms with Crippen molar-refractivity contribution in [3.05, 3.63) is 63.8 Å². The zero-order valence-corrected chi connectivity index (χ0v) is 28.3. The van der Waals surface area contributed by atoms with Crippen LogP contribution in [0.1, 0.15) is 54.4 Å². The Bertz CT molecular complexity index is 1640. The summed E-state index contributed by atoms with van der Waals surface area (Å²) in [5, 5.41) is 13.7. The molecular weight excluding hydrogens is 643 g/mol. The standard InChI is InChI=1S/C35H42Cl2N4O6/c1-39-19-28(27-5-3-4-6-32(27)39)34(43)38-31-16-29(36)22(13-30(31)37)14-33(42)41-17-23(40-12-11-26(18-40)46-2)15-24(41)20-47-25-9-7-21(8-10-25)35(44)45/h3-6,13,16,19,21,23-26H,7-12,14-15,17-18,20H2,1-2H3,(H,38,43)(H,44,45)/t21-,23-,24-,25-,26-/m0/s1. The number of aryl methyl sites for hydroxylation is 1. The molecular formula is C35H42Cl2N4O6. The largest absolute Gasteiger partial charge is 0.481 e. The number of rotatable bonds is 10. The SMILES string of the molecule is CO[C@H]1CCN([C@H]2C[C@@H](CO[C@H]3CC[C@H](C(=O)O)CC3)N(C(=O)Cc3cc(Cl)c(NC(=O)c4cn(C)c5ccccc45)cc3Cl)C2)C1. The molecule has 47 heavy (non-hydrogen) atoms. The average Bonchev–Trinajstić information content (AvgIpc) is 3.80. The minimum absolute atomic E-state index is 0.00357. The molecule has 0 unspecified atom stereocenters. The molecule has 1 aromatic heterocycles. The zero-order chi connectivity index (χ0) is 33.2. The first kappa shape index (κ1) is 33.7. The van der Waals surface area contributed by atoms with E-state index < -0.39 is 5.97 Å². The molecule has 1 aliphatic carbocycles. The second kappa shape index (κ2) is 14.5. The molecule has 252 valence electrons. The molecule has 12 heteroatoms. The second-order valence-electron chi connectivity index (χ2n) is 13.1. The van der Waals surface area contributed by atoms with Crippen LogP contribution < -0.4 is 5.32 Å². The number of benzene rings is 2. The minimum Gasteiger partial charge on any atom is -0.481 e. The van der Waals surface area contributed by atoms with E-state index in [-0.39, 0.29) is 48.4 Å². The van der Waals surface area contributed by atoms with Crippen molar-refractivity contribution >= 4 is 57.6 Å². The number of carboxylic acids is 1. The summed E-state index contributed by atoms with van der Waals surface area (Å²) in [6.45, 7) is 2.74. The lowest BCUT2D eigenvalue weighted by molar-refractivity contribution is -0.144. The van der Waals surface area contributed by atoms with E-state index in [0.29, 0.717) is 65.7 Å². The highest BCUT2D eigenvalue weighted by Gasteiger charge is 2.41. The Kier molecular flexibility index (Phi) is 10.4. The maximum absolute atomic E-state index is 13.9. The van der Waals surface area contributed by atoms with Crippen LogP contribution >= 0.6 is 23.2 Å². The van der Waals surface area contributed by atoms with E-state index in [1.807, 2.05) is 40.8 Å². The van der Waals surface area contributed by atoms with Gasteiger partial charge < -0.3 is 29.4 Å². The lowest BCUT2D eigenvalue weighted by atomic mass is 9.87. The van der Waals surface area contributed by atoms with Crippen LogP contribution in [-0.4, -0.2) is 94.9 Å². The number of carbonyl (C=O) groups is 3. The molecule has 0 bridgehead atoms. The lowest BCUT2D eigenvalue weighted by Gasteiger charge is -2.30. The van der Waals surface area contributed by atoms with E-state index in [9.17, 15) is 19.5 Å². The molecule has 2 amide bonds. The van der Waals surface area contributed by atoms with E-state index in [1.54, 1.807) is 25.4 Å². The normalized spacial score (nSPS) is 25.0. The van der Waals surface area contributed by atoms with Crippen LogP contribution in [0.2, 0.25) is 10.0 Å². The number of anilines is 1. The molecule has 3 fully saturated rings. The van der Waals surface area contributed by atoms with Crippen molar-refractivity contribution in [2.75, 3.05) is 38.7 Å². The van der Waals surface area contributed by atoms with Crippen LogP contribution in [0.25, 0.3) is 10.9 Å². The summed E-state index contributed by atoms with van der Waals surface area (Å²) < 4.78 is 13.8. The summed E-state index contributed by atoms with van der Waals surface area (Å²) in [6, 6.07) is 11.0. The van der Waals surface area contributed by atoms with Crippen LogP contribution in [0.5, 0.6) is 0 Å². The first-order valence-electron chi connectivity index (χ1n) is 16.3. The van der Waals surface area contributed by atoms with Gasteiger partial charge in [0.15, 0.2) is 0 Å². The average molecular weight is 686 g/mol. The van der Waals surface area contributed by atoms with E-state index in [4.69, 9.17) is 32.7 Å². The maximum atomic E-state index is 13.9. The number of methoxy groups -OCH3 is 1. The van der Waals surface area contributed by atoms with Crippen LogP contribution in [0.15, 0.2) is 42.6 Å². The van der Waals surface area contributed by atoms with E-state index in [1.165, 1.54) is 0 Å². The number of likely N-dealkylation sites (tertiary alicyclic amines) is 2. The van der Waals surface area contributed by atoms with Crippen molar-refractivity contribution < 1.29 is 29.0 Å². The predicted octanol–water partition coefficient (Wildman–Crippen LogP) is 5.63.